The average molecular weight is 1030 g/mol. The lowest BCUT2D eigenvalue weighted by Gasteiger charge is -2.37. The minimum Gasteiger partial charge on any atom is -0.497 e. The van der Waals surface area contributed by atoms with E-state index in [0.717, 1.165) is 16.7 Å². The number of aromatic nitrogens is 4. The molecule has 3 saturated heterocycles. The van der Waals surface area contributed by atoms with Crippen LogP contribution in [0.3, 0.4) is 0 Å². The smallest absolute Gasteiger partial charge is 0.351 e. The fourth-order valence-electron chi connectivity index (χ4n) is 10.5. The van der Waals surface area contributed by atoms with Crippen molar-refractivity contribution in [1.29, 1.82) is 0 Å². The molecule has 1 saturated carbocycles. The molecular weight excluding hydrogens is 968 g/mol. The van der Waals surface area contributed by atoms with E-state index in [0.29, 0.717) is 17.9 Å². The summed E-state index contributed by atoms with van der Waals surface area (Å²) in [6.45, 7) is 8.13. The summed E-state index contributed by atoms with van der Waals surface area (Å²) in [6, 6.07) is 24.7. The van der Waals surface area contributed by atoms with E-state index in [1.807, 2.05) is 92.7 Å². The Bertz CT molecular complexity index is 3040. The molecule has 4 fully saturated rings. The number of carbonyl (C=O) groups excluding carboxylic acids is 2. The first kappa shape index (κ1) is 51.6. The fourth-order valence-corrected chi connectivity index (χ4v) is 11.4. The molecule has 5 aromatic rings. The maximum Gasteiger partial charge on any atom is 0.351 e. The van der Waals surface area contributed by atoms with E-state index in [9.17, 15) is 28.8 Å². The van der Waals surface area contributed by atoms with Crippen LogP contribution in [0.15, 0.2) is 110 Å². The van der Waals surface area contributed by atoms with Crippen LogP contribution in [0.5, 0.6) is 11.5 Å². The van der Waals surface area contributed by atoms with Crippen LogP contribution < -0.4 is 32.0 Å². The number of nitrogens with zero attached hydrogens (tertiary/aromatic N) is 2. The minimum atomic E-state index is -2.28. The highest BCUT2D eigenvalue weighted by molar-refractivity contribution is 7.41. The van der Waals surface area contributed by atoms with Crippen LogP contribution in [0.4, 0.5) is 0 Å². The number of aromatic amines is 2. The second-order valence-electron chi connectivity index (χ2n) is 19.5. The highest BCUT2D eigenvalue weighted by Crippen LogP contribution is 2.66. The summed E-state index contributed by atoms with van der Waals surface area (Å²) in [5, 5.41) is 0. The Kier molecular flexibility index (Phi) is 14.3. The third kappa shape index (κ3) is 9.17. The third-order valence-electron chi connectivity index (χ3n) is 15.3. The third-order valence-corrected chi connectivity index (χ3v) is 16.4. The molecule has 20 nitrogen and oxygen atoms in total. The second-order valence-corrected chi connectivity index (χ2v) is 20.7. The standard InChI is InChI=1S/C52H59N4O16P/c1-30-26-55(47(61)53-43(30)57)41-24-37(70-46(60)51-23-22-50(5,45(59)71-51)49(51,3)4)40(69-41)29-67-73(65-8)72-38-25-42(56-27-31(2)44(58)54-48(56)62)68-39(38)28-66-52(32-12-10-9-11-13-32,33-14-18-35(63-6)19-15-33)34-16-20-36(64-7)21-17-34/h9-21,26-27,37-42H,22-25,28-29H2,1-8H3,(H,53,57,61)(H,54,58,62). The number of ether oxygens (including phenoxy) is 7. The van der Waals surface area contributed by atoms with Gasteiger partial charge in [-0.3, -0.25) is 33.5 Å². The normalized spacial score (nSPS) is 26.7. The van der Waals surface area contributed by atoms with Crippen molar-refractivity contribution in [3.8, 4) is 11.5 Å². The Labute approximate surface area is 420 Å². The fraction of sp³-hybridized carbons (Fsp3) is 0.462. The van der Waals surface area contributed by atoms with Crippen LogP contribution in [0.1, 0.15) is 86.7 Å². The van der Waals surface area contributed by atoms with Crippen LogP contribution in [0, 0.1) is 24.7 Å². The molecule has 0 spiro atoms. The predicted octanol–water partition coefficient (Wildman–Crippen LogP) is 5.61. The SMILES string of the molecule is COc1ccc(C(OCC2OC(n3cc(C)c(=O)[nH]c3=O)CC2OP(OC)OCC2OC(n3cc(C)c(=O)[nH]c3=O)CC2OC(=O)C23CCC(C)(C(=O)O2)C3(C)C)(c2ccccc2)c2ccc(OC)cc2)cc1. The number of hydrogen-bond donors (Lipinski definition) is 2. The lowest BCUT2D eigenvalue weighted by Crippen LogP contribution is -2.50. The molecule has 9 unspecified atom stereocenters. The van der Waals surface area contributed by atoms with Crippen molar-refractivity contribution in [3.05, 3.63) is 161 Å². The van der Waals surface area contributed by atoms with Gasteiger partial charge in [-0.2, -0.15) is 0 Å². The highest BCUT2D eigenvalue weighted by Gasteiger charge is 2.76. The molecule has 9 rings (SSSR count). The van der Waals surface area contributed by atoms with Crippen LogP contribution in [0.25, 0.3) is 0 Å². The summed E-state index contributed by atoms with van der Waals surface area (Å²) in [4.78, 5) is 83.5. The van der Waals surface area contributed by atoms with Gasteiger partial charge in [0.05, 0.1) is 39.0 Å². The van der Waals surface area contributed by atoms with E-state index < -0.39 is 102 Å². The first-order chi connectivity index (χ1) is 34.9. The van der Waals surface area contributed by atoms with Crippen LogP contribution >= 0.6 is 8.60 Å². The van der Waals surface area contributed by atoms with Gasteiger partial charge in [-0.15, -0.1) is 0 Å². The summed E-state index contributed by atoms with van der Waals surface area (Å²) in [5.74, 6) is 0.0486. The molecule has 2 N–H and O–H groups in total. The summed E-state index contributed by atoms with van der Waals surface area (Å²) in [6.07, 6.45) is -2.30. The van der Waals surface area contributed by atoms with Crippen molar-refractivity contribution in [2.24, 2.45) is 10.8 Å². The number of methoxy groups -OCH3 is 2. The second kappa shape index (κ2) is 20.2. The van der Waals surface area contributed by atoms with Gasteiger partial charge in [-0.1, -0.05) is 68.4 Å². The topological polar surface area (TPSA) is 236 Å². The maximum absolute atomic E-state index is 14.3. The number of benzene rings is 3. The van der Waals surface area contributed by atoms with E-state index in [2.05, 4.69) is 9.97 Å². The van der Waals surface area contributed by atoms with Gasteiger partial charge in [0.15, 0.2) is 0 Å². The van der Waals surface area contributed by atoms with Crippen LogP contribution in [-0.4, -0.2) is 95.6 Å². The molecule has 1 aliphatic carbocycles. The molecular formula is C52H59N4O16P. The van der Waals surface area contributed by atoms with Gasteiger partial charge < -0.3 is 46.7 Å². The predicted molar refractivity (Wildman–Crippen MR) is 262 cm³/mol. The molecule has 388 valence electrons. The minimum absolute atomic E-state index is 0.0326. The lowest BCUT2D eigenvalue weighted by molar-refractivity contribution is -0.189. The molecule has 0 radical (unpaired) electrons. The Morgan fingerprint density at radius 3 is 1.68 bits per heavy atom. The largest absolute Gasteiger partial charge is 0.497 e. The van der Waals surface area contributed by atoms with Gasteiger partial charge in [0.1, 0.15) is 47.9 Å². The van der Waals surface area contributed by atoms with Crippen molar-refractivity contribution >= 4 is 20.5 Å². The van der Waals surface area contributed by atoms with Crippen molar-refractivity contribution in [2.75, 3.05) is 34.5 Å². The zero-order valence-corrected chi connectivity index (χ0v) is 42.6. The zero-order valence-electron chi connectivity index (χ0n) is 41.7. The number of aryl methyl sites for hydroxylation is 2. The Morgan fingerprint density at radius 2 is 1.21 bits per heavy atom. The van der Waals surface area contributed by atoms with Crippen molar-refractivity contribution in [3.63, 3.8) is 0 Å². The number of carbonyl (C=O) groups is 2. The Morgan fingerprint density at radius 1 is 0.699 bits per heavy atom. The van der Waals surface area contributed by atoms with Gasteiger partial charge in [-0.05, 0) is 74.6 Å². The van der Waals surface area contributed by atoms with E-state index in [1.165, 1.54) is 28.6 Å². The zero-order chi connectivity index (χ0) is 52.0. The Hall–Kier alpha value is -6.25. The number of H-pyrrole nitrogens is 2. The van der Waals surface area contributed by atoms with Gasteiger partial charge in [0, 0.05) is 48.9 Å². The summed E-state index contributed by atoms with van der Waals surface area (Å²) < 4.78 is 64.7. The van der Waals surface area contributed by atoms with E-state index in [4.69, 9.17) is 46.7 Å². The van der Waals surface area contributed by atoms with Crippen molar-refractivity contribution in [1.82, 2.24) is 19.1 Å². The molecule has 4 aliphatic rings. The van der Waals surface area contributed by atoms with Gasteiger partial charge in [0.2, 0.25) is 5.60 Å². The monoisotopic (exact) mass is 1030 g/mol. The maximum atomic E-state index is 14.3. The Balaban J connectivity index is 1.02. The van der Waals surface area contributed by atoms with Crippen LogP contribution in [-0.2, 0) is 52.4 Å². The molecule has 5 heterocycles. The van der Waals surface area contributed by atoms with E-state index in [-0.39, 0.29) is 43.6 Å². The van der Waals surface area contributed by atoms with Gasteiger partial charge in [0.25, 0.3) is 11.1 Å². The quantitative estimate of drug-likeness (QED) is 0.0616. The molecule has 73 heavy (non-hydrogen) atoms. The van der Waals surface area contributed by atoms with Gasteiger partial charge in [-0.25, -0.2) is 14.4 Å². The molecule has 21 heteroatoms. The number of fused-ring (bicyclic) bond motifs is 2. The molecule has 3 aromatic carbocycles. The molecule has 2 aromatic heterocycles. The van der Waals surface area contributed by atoms with Gasteiger partial charge >= 0.3 is 31.9 Å². The van der Waals surface area contributed by atoms with Crippen molar-refractivity contribution < 1.29 is 56.3 Å². The molecule has 2 bridgehead atoms. The van der Waals surface area contributed by atoms with E-state index >= 15 is 0 Å². The lowest BCUT2D eigenvalue weighted by atomic mass is 9.66. The first-order valence-corrected chi connectivity index (χ1v) is 25.0. The summed E-state index contributed by atoms with van der Waals surface area (Å²) in [7, 11) is 2.28. The number of esters is 2. The van der Waals surface area contributed by atoms with E-state index in [1.54, 1.807) is 35.0 Å². The molecule has 9 atom stereocenters. The first-order valence-electron chi connectivity index (χ1n) is 23.9. The number of rotatable bonds is 18. The van der Waals surface area contributed by atoms with Crippen molar-refractivity contribution in [2.45, 2.75) is 108 Å². The van der Waals surface area contributed by atoms with Crippen LogP contribution in [0.2, 0.25) is 0 Å². The average Bonchev–Trinajstić information content (AvgIpc) is 4.08. The number of hydrogen-bond acceptors (Lipinski definition) is 16. The summed E-state index contributed by atoms with van der Waals surface area (Å²) >= 11 is 0. The molecule has 0 amide bonds. The number of nitrogens with one attached hydrogen (secondary N) is 2. The molecule has 3 aliphatic heterocycles. The summed E-state index contributed by atoms with van der Waals surface area (Å²) in [5.41, 5.74) is -4.33. The highest BCUT2D eigenvalue weighted by atomic mass is 31.2.